The molecule has 0 heterocycles. The zero-order valence-corrected chi connectivity index (χ0v) is 21.9. The predicted molar refractivity (Wildman–Crippen MR) is 138 cm³/mol. The Morgan fingerprint density at radius 2 is 1.80 bits per heavy atom. The molecular weight excluding hydrogens is 472 g/mol. The van der Waals surface area contributed by atoms with Crippen LogP contribution in [0.3, 0.4) is 0 Å². The van der Waals surface area contributed by atoms with E-state index in [1.165, 1.54) is 32.7 Å². The highest BCUT2D eigenvalue weighted by Crippen LogP contribution is 2.51. The lowest BCUT2D eigenvalue weighted by Crippen LogP contribution is -2.49. The largest absolute Gasteiger partial charge is 0.481 e. The van der Waals surface area contributed by atoms with Crippen molar-refractivity contribution in [2.75, 3.05) is 20.8 Å². The molecule has 0 aromatic carbocycles. The first-order chi connectivity index (χ1) is 16.5. The minimum absolute atomic E-state index is 0.0940. The van der Waals surface area contributed by atoms with E-state index in [9.17, 15) is 4.79 Å². The van der Waals surface area contributed by atoms with Crippen molar-refractivity contribution >= 4 is 34.8 Å². The molecule has 0 aliphatic heterocycles. The van der Waals surface area contributed by atoms with Crippen LogP contribution in [-0.4, -0.2) is 61.7 Å². The van der Waals surface area contributed by atoms with Crippen molar-refractivity contribution in [3.63, 3.8) is 0 Å². The Labute approximate surface area is 212 Å². The molecule has 0 aromatic rings. The molecule has 2 unspecified atom stereocenters. The van der Waals surface area contributed by atoms with Gasteiger partial charge in [-0.3, -0.25) is 25.4 Å². The van der Waals surface area contributed by atoms with Crippen molar-refractivity contribution < 1.29 is 19.1 Å². The molecule has 0 saturated heterocycles. The first-order valence-corrected chi connectivity index (χ1v) is 12.1. The third-order valence-corrected chi connectivity index (χ3v) is 5.81. The molecule has 10 nitrogen and oxygen atoms in total. The molecule has 2 saturated carbocycles. The number of nitrogens with two attached hydrogens (primary N) is 1. The Morgan fingerprint density at radius 1 is 1.20 bits per heavy atom. The Bertz CT molecular complexity index is 847. The number of ether oxygens (including phenoxy) is 2. The van der Waals surface area contributed by atoms with E-state index in [2.05, 4.69) is 15.8 Å². The van der Waals surface area contributed by atoms with Gasteiger partial charge in [-0.1, -0.05) is 11.6 Å². The molecule has 2 aliphatic carbocycles. The first kappa shape index (κ1) is 29.0. The Morgan fingerprint density at radius 3 is 2.23 bits per heavy atom. The van der Waals surface area contributed by atoms with Crippen LogP contribution >= 0.6 is 11.6 Å². The molecule has 0 spiro atoms. The zero-order chi connectivity index (χ0) is 26.2. The highest BCUT2D eigenvalue weighted by molar-refractivity contribution is 6.67. The van der Waals surface area contributed by atoms with Gasteiger partial charge in [0.1, 0.15) is 11.2 Å². The van der Waals surface area contributed by atoms with Crippen molar-refractivity contribution in [2.24, 2.45) is 28.5 Å². The Balaban J connectivity index is 2.20. The lowest BCUT2D eigenvalue weighted by atomic mass is 9.91. The second-order valence-corrected chi connectivity index (χ2v) is 10.4. The van der Waals surface area contributed by atoms with Crippen molar-refractivity contribution in [3.8, 4) is 0 Å². The summed E-state index contributed by atoms with van der Waals surface area (Å²) < 4.78 is 10.2. The van der Waals surface area contributed by atoms with Gasteiger partial charge in [-0.25, -0.2) is 0 Å². The molecule has 2 aliphatic rings. The number of hydrogen-bond acceptors (Lipinski definition) is 9. The highest BCUT2D eigenvalue weighted by Gasteiger charge is 2.49. The standard InChI is InChI=1S/C24H39ClN6O4/c1-24(2,3)31-35-21(20(14-6-7-14)15-8-9-15)23(32)30-16(11-26)12-29-18(13-33-4)17(10-19(25)27)22(28)34-5/h10-12,14-15,18,20-21,27-28,31H,6-9,13,26H2,1-5H3,(H,30,32)/b16-11+,17-10-,27-19?,28-22?,29-12?. The number of carbonyl (C=O) groups excluding carboxylic acids is 1. The van der Waals surface area contributed by atoms with Crippen LogP contribution in [0.2, 0.25) is 0 Å². The number of nitrogens with zero attached hydrogens (tertiary/aromatic N) is 1. The highest BCUT2D eigenvalue weighted by atomic mass is 35.5. The van der Waals surface area contributed by atoms with Crippen LogP contribution in [0.5, 0.6) is 0 Å². The normalized spacial score (nSPS) is 19.1. The zero-order valence-electron chi connectivity index (χ0n) is 21.2. The maximum Gasteiger partial charge on any atom is 0.256 e. The number of hydroxylamine groups is 1. The minimum Gasteiger partial charge on any atom is -0.481 e. The van der Waals surface area contributed by atoms with E-state index in [0.717, 1.165) is 25.7 Å². The van der Waals surface area contributed by atoms with Gasteiger partial charge in [0.05, 0.1) is 19.4 Å². The molecular formula is C24H39ClN6O4. The lowest BCUT2D eigenvalue weighted by Gasteiger charge is -2.30. The molecule has 0 radical (unpaired) electrons. The summed E-state index contributed by atoms with van der Waals surface area (Å²) in [6.07, 6.45) is 7.70. The second-order valence-electron chi connectivity index (χ2n) is 9.98. The Hall–Kier alpha value is -2.27. The van der Waals surface area contributed by atoms with Crippen molar-refractivity contribution in [1.29, 1.82) is 10.8 Å². The summed E-state index contributed by atoms with van der Waals surface area (Å²) in [5.41, 5.74) is 9.03. The van der Waals surface area contributed by atoms with Crippen molar-refractivity contribution in [3.05, 3.63) is 23.5 Å². The number of allylic oxidation sites excluding steroid dienone is 2. The molecule has 6 N–H and O–H groups in total. The number of methoxy groups -OCH3 is 2. The van der Waals surface area contributed by atoms with Crippen LogP contribution in [0.4, 0.5) is 0 Å². The van der Waals surface area contributed by atoms with Gasteiger partial charge in [0.15, 0.2) is 6.10 Å². The average molecular weight is 511 g/mol. The fourth-order valence-electron chi connectivity index (χ4n) is 3.83. The number of hydrogen-bond donors (Lipinski definition) is 5. The van der Waals surface area contributed by atoms with E-state index < -0.39 is 12.1 Å². The fraction of sp³-hybridized carbons (Fsp3) is 0.667. The van der Waals surface area contributed by atoms with Crippen molar-refractivity contribution in [1.82, 2.24) is 10.8 Å². The number of halogens is 1. The van der Waals surface area contributed by atoms with Gasteiger partial charge in [0.2, 0.25) is 5.90 Å². The number of rotatable bonds is 14. The SMILES string of the molecule is COCC(N=C/C(=C\N)NC(=O)C(ONC(C)(C)C)C(C1CC1)C1CC1)/C(=C/C(=N)Cl)C(=N)OC. The van der Waals surface area contributed by atoms with Crippen molar-refractivity contribution in [2.45, 2.75) is 64.1 Å². The summed E-state index contributed by atoms with van der Waals surface area (Å²) in [7, 11) is 2.83. The average Bonchev–Trinajstić information content (AvgIpc) is 3.70. The van der Waals surface area contributed by atoms with Crippen LogP contribution in [0, 0.1) is 28.6 Å². The third-order valence-electron chi connectivity index (χ3n) is 5.71. The lowest BCUT2D eigenvalue weighted by molar-refractivity contribution is -0.150. The van der Waals surface area contributed by atoms with Gasteiger partial charge in [-0.15, -0.1) is 0 Å². The summed E-state index contributed by atoms with van der Waals surface area (Å²) in [4.78, 5) is 23.8. The topological polar surface area (TPSA) is 155 Å². The molecule has 2 rings (SSSR count). The van der Waals surface area contributed by atoms with E-state index in [1.807, 2.05) is 20.8 Å². The van der Waals surface area contributed by atoms with Crippen LogP contribution < -0.4 is 16.5 Å². The predicted octanol–water partition coefficient (Wildman–Crippen LogP) is 2.88. The Kier molecular flexibility index (Phi) is 10.9. The van der Waals surface area contributed by atoms with E-state index >= 15 is 0 Å². The molecule has 2 fully saturated rings. The van der Waals surface area contributed by atoms with Gasteiger partial charge < -0.3 is 20.5 Å². The molecule has 2 atom stereocenters. The summed E-state index contributed by atoms with van der Waals surface area (Å²) in [5.74, 6) is 0.635. The van der Waals surface area contributed by atoms with E-state index in [0.29, 0.717) is 11.8 Å². The summed E-state index contributed by atoms with van der Waals surface area (Å²) >= 11 is 5.72. The monoisotopic (exact) mass is 510 g/mol. The molecule has 196 valence electrons. The molecule has 11 heteroatoms. The number of amides is 1. The molecule has 0 bridgehead atoms. The van der Waals surface area contributed by atoms with Crippen LogP contribution in [0.1, 0.15) is 46.5 Å². The van der Waals surface area contributed by atoms with Gasteiger partial charge in [-0.2, -0.15) is 5.48 Å². The quantitative estimate of drug-likeness (QED) is 0.137. The smallest absolute Gasteiger partial charge is 0.256 e. The van der Waals surface area contributed by atoms with Crippen LogP contribution in [-0.2, 0) is 19.1 Å². The number of nitrogens with one attached hydrogen (secondary N) is 4. The van der Waals surface area contributed by atoms with Crippen LogP contribution in [0.25, 0.3) is 0 Å². The second kappa shape index (κ2) is 13.2. The van der Waals surface area contributed by atoms with Gasteiger partial charge in [0, 0.05) is 36.6 Å². The van der Waals surface area contributed by atoms with E-state index in [4.69, 9.17) is 42.5 Å². The minimum atomic E-state index is -0.710. The number of carbonyl (C=O) groups is 1. The van der Waals surface area contributed by atoms with Gasteiger partial charge in [0.25, 0.3) is 5.91 Å². The maximum atomic E-state index is 13.4. The van der Waals surface area contributed by atoms with Crippen LogP contribution in [0.15, 0.2) is 28.5 Å². The van der Waals surface area contributed by atoms with Gasteiger partial charge in [-0.05, 0) is 64.4 Å². The summed E-state index contributed by atoms with van der Waals surface area (Å²) in [5, 5.41) is 18.1. The molecule has 1 amide bonds. The number of aliphatic imine (C=N–C) groups is 1. The summed E-state index contributed by atoms with van der Waals surface area (Å²) in [6.45, 7) is 6.02. The fourth-order valence-corrected chi connectivity index (χ4v) is 3.95. The third kappa shape index (κ3) is 9.71. The maximum absolute atomic E-state index is 13.4. The van der Waals surface area contributed by atoms with Gasteiger partial charge >= 0.3 is 0 Å². The van der Waals surface area contributed by atoms with E-state index in [1.54, 1.807) is 0 Å². The summed E-state index contributed by atoms with van der Waals surface area (Å²) in [6, 6.07) is -0.710. The first-order valence-electron chi connectivity index (χ1n) is 11.8. The molecule has 0 aromatic heterocycles. The van der Waals surface area contributed by atoms with E-state index in [-0.39, 0.29) is 46.3 Å². The molecule has 35 heavy (non-hydrogen) atoms.